The number of ether oxygens (including phenoxy) is 2. The van der Waals surface area contributed by atoms with Crippen LogP contribution in [-0.2, 0) is 4.74 Å². The van der Waals surface area contributed by atoms with Gasteiger partial charge in [-0.15, -0.1) is 10.2 Å². The van der Waals surface area contributed by atoms with Crippen molar-refractivity contribution >= 4 is 5.82 Å². The van der Waals surface area contributed by atoms with Crippen molar-refractivity contribution in [2.24, 2.45) is 0 Å². The first-order valence-electron chi connectivity index (χ1n) is 7.82. The highest BCUT2D eigenvalue weighted by molar-refractivity contribution is 5.44. The lowest BCUT2D eigenvalue weighted by Crippen LogP contribution is -2.41. The molecule has 0 spiro atoms. The molecule has 0 saturated carbocycles. The standard InChI is InChI=1S/C15H19N5O3/c1-9-18-19-15(22-9)12-4-3-10-11(23-12)5-6-20(10)13-7-14(21-2)17-8-16-13/h7-8,10-12H,3-6H2,1-2H3/t10-,11-,12-/m0/s1. The monoisotopic (exact) mass is 317 g/mol. The third kappa shape index (κ3) is 2.63. The largest absolute Gasteiger partial charge is 0.481 e. The number of fused-ring (bicyclic) bond motifs is 1. The van der Waals surface area contributed by atoms with Crippen molar-refractivity contribution in [3.05, 3.63) is 24.2 Å². The molecule has 2 saturated heterocycles. The average Bonchev–Trinajstić information content (AvgIpc) is 3.20. The molecule has 4 heterocycles. The van der Waals surface area contributed by atoms with Gasteiger partial charge in [0.05, 0.1) is 19.3 Å². The van der Waals surface area contributed by atoms with Gasteiger partial charge in [0.2, 0.25) is 17.7 Å². The normalized spacial score (nSPS) is 27.0. The van der Waals surface area contributed by atoms with Gasteiger partial charge >= 0.3 is 0 Å². The minimum atomic E-state index is -0.0997. The Kier molecular flexibility index (Phi) is 3.60. The van der Waals surface area contributed by atoms with Gasteiger partial charge in [0.1, 0.15) is 18.2 Å². The predicted octanol–water partition coefficient (Wildman–Crippen LogP) is 1.68. The molecule has 0 unspecified atom stereocenters. The molecular weight excluding hydrogens is 298 g/mol. The first-order chi connectivity index (χ1) is 11.2. The number of nitrogens with zero attached hydrogens (tertiary/aromatic N) is 5. The fourth-order valence-electron chi connectivity index (χ4n) is 3.43. The molecule has 2 aliphatic heterocycles. The van der Waals surface area contributed by atoms with Crippen LogP contribution in [0.3, 0.4) is 0 Å². The lowest BCUT2D eigenvalue weighted by molar-refractivity contribution is -0.0641. The minimum absolute atomic E-state index is 0.0997. The summed E-state index contributed by atoms with van der Waals surface area (Å²) < 4.78 is 16.9. The van der Waals surface area contributed by atoms with Crippen molar-refractivity contribution < 1.29 is 13.9 Å². The number of methoxy groups -OCH3 is 1. The van der Waals surface area contributed by atoms with E-state index in [4.69, 9.17) is 13.9 Å². The molecule has 2 fully saturated rings. The Morgan fingerprint density at radius 3 is 2.91 bits per heavy atom. The Bertz CT molecular complexity index is 691. The van der Waals surface area contributed by atoms with Gasteiger partial charge in [-0.25, -0.2) is 9.97 Å². The van der Waals surface area contributed by atoms with Crippen molar-refractivity contribution in [1.82, 2.24) is 20.2 Å². The summed E-state index contributed by atoms with van der Waals surface area (Å²) >= 11 is 0. The van der Waals surface area contributed by atoms with Crippen LogP contribution in [0.25, 0.3) is 0 Å². The second-order valence-corrected chi connectivity index (χ2v) is 5.87. The quantitative estimate of drug-likeness (QED) is 0.845. The molecule has 0 aliphatic carbocycles. The molecule has 122 valence electrons. The second kappa shape index (κ2) is 5.77. The van der Waals surface area contributed by atoms with Crippen molar-refractivity contribution in [1.29, 1.82) is 0 Å². The molecule has 0 N–H and O–H groups in total. The van der Waals surface area contributed by atoms with Crippen LogP contribution in [0.2, 0.25) is 0 Å². The van der Waals surface area contributed by atoms with Gasteiger partial charge in [-0.1, -0.05) is 0 Å². The zero-order valence-electron chi connectivity index (χ0n) is 13.2. The van der Waals surface area contributed by atoms with E-state index in [1.807, 2.05) is 6.07 Å². The highest BCUT2D eigenvalue weighted by Crippen LogP contribution is 2.39. The molecule has 0 bridgehead atoms. The number of aromatic nitrogens is 4. The summed E-state index contributed by atoms with van der Waals surface area (Å²) in [6.45, 7) is 2.70. The summed E-state index contributed by atoms with van der Waals surface area (Å²) in [6.07, 6.45) is 4.42. The van der Waals surface area contributed by atoms with Crippen LogP contribution >= 0.6 is 0 Å². The summed E-state index contributed by atoms with van der Waals surface area (Å²) in [5, 5.41) is 7.98. The third-order valence-corrected chi connectivity index (χ3v) is 4.50. The van der Waals surface area contributed by atoms with E-state index in [9.17, 15) is 0 Å². The second-order valence-electron chi connectivity index (χ2n) is 5.87. The molecule has 2 aliphatic rings. The van der Waals surface area contributed by atoms with E-state index in [1.54, 1.807) is 14.0 Å². The number of hydrogen-bond acceptors (Lipinski definition) is 8. The Morgan fingerprint density at radius 1 is 1.22 bits per heavy atom. The Balaban J connectivity index is 1.49. The van der Waals surface area contributed by atoms with Gasteiger partial charge in [-0.05, 0) is 19.3 Å². The zero-order chi connectivity index (χ0) is 15.8. The van der Waals surface area contributed by atoms with Crippen LogP contribution < -0.4 is 9.64 Å². The van der Waals surface area contributed by atoms with Crippen LogP contribution in [0.15, 0.2) is 16.8 Å². The van der Waals surface area contributed by atoms with E-state index in [-0.39, 0.29) is 12.2 Å². The van der Waals surface area contributed by atoms with Crippen LogP contribution in [0.1, 0.15) is 37.1 Å². The van der Waals surface area contributed by atoms with Crippen LogP contribution in [0, 0.1) is 6.92 Å². The minimum Gasteiger partial charge on any atom is -0.481 e. The lowest BCUT2D eigenvalue weighted by Gasteiger charge is -2.35. The van der Waals surface area contributed by atoms with Crippen molar-refractivity contribution in [2.45, 2.75) is 44.4 Å². The van der Waals surface area contributed by atoms with E-state index in [0.29, 0.717) is 23.7 Å². The molecule has 0 amide bonds. The Morgan fingerprint density at radius 2 is 2.13 bits per heavy atom. The molecule has 23 heavy (non-hydrogen) atoms. The molecule has 0 radical (unpaired) electrons. The Labute approximate surface area is 133 Å². The summed E-state index contributed by atoms with van der Waals surface area (Å²) in [6, 6.07) is 2.19. The smallest absolute Gasteiger partial charge is 0.245 e. The van der Waals surface area contributed by atoms with Gasteiger partial charge in [0, 0.05) is 19.5 Å². The summed E-state index contributed by atoms with van der Waals surface area (Å²) in [5.74, 6) is 2.63. The zero-order valence-corrected chi connectivity index (χ0v) is 13.2. The first kappa shape index (κ1) is 14.4. The Hall–Kier alpha value is -2.22. The molecular formula is C15H19N5O3. The molecule has 8 heteroatoms. The van der Waals surface area contributed by atoms with Crippen LogP contribution in [-0.4, -0.2) is 46.0 Å². The van der Waals surface area contributed by atoms with E-state index in [2.05, 4.69) is 25.1 Å². The number of anilines is 1. The maximum absolute atomic E-state index is 6.21. The maximum Gasteiger partial charge on any atom is 0.245 e. The molecule has 8 nitrogen and oxygen atoms in total. The van der Waals surface area contributed by atoms with Gasteiger partial charge in [-0.3, -0.25) is 0 Å². The van der Waals surface area contributed by atoms with Gasteiger partial charge in [0.25, 0.3) is 0 Å². The third-order valence-electron chi connectivity index (χ3n) is 4.50. The highest BCUT2D eigenvalue weighted by Gasteiger charge is 2.42. The predicted molar refractivity (Wildman–Crippen MR) is 80.2 cm³/mol. The van der Waals surface area contributed by atoms with E-state index in [1.165, 1.54) is 6.33 Å². The van der Waals surface area contributed by atoms with E-state index >= 15 is 0 Å². The fourth-order valence-corrected chi connectivity index (χ4v) is 3.43. The highest BCUT2D eigenvalue weighted by atomic mass is 16.5. The van der Waals surface area contributed by atoms with Gasteiger partial charge in [-0.2, -0.15) is 0 Å². The fraction of sp³-hybridized carbons (Fsp3) is 0.600. The number of hydrogen-bond donors (Lipinski definition) is 0. The number of aryl methyl sites for hydroxylation is 1. The van der Waals surface area contributed by atoms with Crippen molar-refractivity contribution in [3.8, 4) is 5.88 Å². The molecule has 0 aromatic carbocycles. The lowest BCUT2D eigenvalue weighted by atomic mass is 9.99. The van der Waals surface area contributed by atoms with E-state index < -0.39 is 0 Å². The molecule has 2 aromatic heterocycles. The van der Waals surface area contributed by atoms with E-state index in [0.717, 1.165) is 31.6 Å². The van der Waals surface area contributed by atoms with Gasteiger partial charge in [0.15, 0.2) is 0 Å². The van der Waals surface area contributed by atoms with Crippen molar-refractivity contribution in [3.63, 3.8) is 0 Å². The number of rotatable bonds is 3. The summed E-state index contributed by atoms with van der Waals surface area (Å²) in [4.78, 5) is 10.7. The SMILES string of the molecule is COc1cc(N2CC[C@@H]3O[C@H](c4nnc(C)o4)CC[C@@H]32)ncn1. The average molecular weight is 317 g/mol. The summed E-state index contributed by atoms with van der Waals surface area (Å²) in [5.41, 5.74) is 0. The van der Waals surface area contributed by atoms with Crippen LogP contribution in [0.4, 0.5) is 5.82 Å². The molecule has 3 atom stereocenters. The first-order valence-corrected chi connectivity index (χ1v) is 7.82. The maximum atomic E-state index is 6.21. The molecule has 2 aromatic rings. The topological polar surface area (TPSA) is 86.4 Å². The van der Waals surface area contributed by atoms with Gasteiger partial charge < -0.3 is 18.8 Å². The summed E-state index contributed by atoms with van der Waals surface area (Å²) in [7, 11) is 1.61. The van der Waals surface area contributed by atoms with Crippen LogP contribution in [0.5, 0.6) is 5.88 Å². The van der Waals surface area contributed by atoms with Crippen molar-refractivity contribution in [2.75, 3.05) is 18.6 Å². The molecule has 4 rings (SSSR count).